The van der Waals surface area contributed by atoms with Crippen LogP contribution in [0.15, 0.2) is 61.1 Å². The van der Waals surface area contributed by atoms with E-state index in [1.54, 1.807) is 6.33 Å². The summed E-state index contributed by atoms with van der Waals surface area (Å²) in [5.41, 5.74) is 4.39. The maximum absolute atomic E-state index is 8.05. The molecule has 1 heterocycles. The minimum Gasteiger partial charge on any atom is -0.351 e. The summed E-state index contributed by atoms with van der Waals surface area (Å²) in [5, 5.41) is 11.8. The van der Waals surface area contributed by atoms with Crippen LogP contribution in [0.25, 0.3) is 0 Å². The topological polar surface area (TPSA) is 64.6 Å². The van der Waals surface area contributed by atoms with Gasteiger partial charge in [-0.2, -0.15) is 0 Å². The Hall–Kier alpha value is -2.59. The van der Waals surface area contributed by atoms with Crippen molar-refractivity contribution in [1.29, 1.82) is 5.41 Å². The SMILES string of the molecule is N=C(CCc1ccc(Cc2c[nH]cn2)cc1)Nc1ccc(Cl)cc1. The molecule has 0 unspecified atom stereocenters. The first-order valence-electron chi connectivity index (χ1n) is 7.84. The van der Waals surface area contributed by atoms with Crippen molar-refractivity contribution in [1.82, 2.24) is 9.97 Å². The molecule has 2 aromatic carbocycles. The molecule has 0 bridgehead atoms. The molecule has 0 aliphatic heterocycles. The Kier molecular flexibility index (Phi) is 5.29. The van der Waals surface area contributed by atoms with E-state index >= 15 is 0 Å². The molecule has 0 saturated heterocycles. The molecule has 24 heavy (non-hydrogen) atoms. The van der Waals surface area contributed by atoms with Crippen molar-refractivity contribution in [2.45, 2.75) is 19.3 Å². The molecule has 122 valence electrons. The number of benzene rings is 2. The zero-order chi connectivity index (χ0) is 16.8. The van der Waals surface area contributed by atoms with Crippen LogP contribution in [-0.4, -0.2) is 15.8 Å². The van der Waals surface area contributed by atoms with Gasteiger partial charge in [0.25, 0.3) is 0 Å². The minimum atomic E-state index is 0.498. The molecule has 0 radical (unpaired) electrons. The fourth-order valence-corrected chi connectivity index (χ4v) is 2.59. The highest BCUT2D eigenvalue weighted by molar-refractivity contribution is 6.30. The van der Waals surface area contributed by atoms with E-state index in [1.165, 1.54) is 11.1 Å². The molecule has 3 aromatic rings. The smallest absolute Gasteiger partial charge is 0.0979 e. The third-order valence-electron chi connectivity index (χ3n) is 3.77. The van der Waals surface area contributed by atoms with E-state index < -0.39 is 0 Å². The Morgan fingerprint density at radius 1 is 1.04 bits per heavy atom. The second-order valence-corrected chi connectivity index (χ2v) is 6.10. The fourth-order valence-electron chi connectivity index (χ4n) is 2.46. The van der Waals surface area contributed by atoms with Gasteiger partial charge in [0, 0.05) is 29.7 Å². The van der Waals surface area contributed by atoms with Crippen molar-refractivity contribution in [2.24, 2.45) is 0 Å². The molecule has 0 fully saturated rings. The first-order valence-corrected chi connectivity index (χ1v) is 8.22. The number of amidine groups is 1. The number of aromatic nitrogens is 2. The zero-order valence-electron chi connectivity index (χ0n) is 13.2. The Balaban J connectivity index is 1.49. The summed E-state index contributed by atoms with van der Waals surface area (Å²) in [5.74, 6) is 0.498. The molecule has 1 aromatic heterocycles. The number of hydrogen-bond acceptors (Lipinski definition) is 2. The zero-order valence-corrected chi connectivity index (χ0v) is 14.0. The van der Waals surface area contributed by atoms with Gasteiger partial charge >= 0.3 is 0 Å². The van der Waals surface area contributed by atoms with E-state index in [-0.39, 0.29) is 0 Å². The Labute approximate surface area is 146 Å². The van der Waals surface area contributed by atoms with Gasteiger partial charge in [-0.3, -0.25) is 5.41 Å². The molecule has 0 amide bonds. The third kappa shape index (κ3) is 4.70. The van der Waals surface area contributed by atoms with Gasteiger partial charge in [-0.25, -0.2) is 4.98 Å². The lowest BCUT2D eigenvalue weighted by Gasteiger charge is -2.08. The molecular formula is C19H19ClN4. The average molecular weight is 339 g/mol. The summed E-state index contributed by atoms with van der Waals surface area (Å²) in [7, 11) is 0. The highest BCUT2D eigenvalue weighted by Crippen LogP contribution is 2.14. The van der Waals surface area contributed by atoms with Crippen LogP contribution in [0, 0.1) is 5.41 Å². The summed E-state index contributed by atoms with van der Waals surface area (Å²) in [6.07, 6.45) is 5.95. The molecular weight excluding hydrogens is 320 g/mol. The van der Waals surface area contributed by atoms with Crippen LogP contribution >= 0.6 is 11.6 Å². The van der Waals surface area contributed by atoms with Crippen LogP contribution in [0.2, 0.25) is 5.02 Å². The monoisotopic (exact) mass is 338 g/mol. The lowest BCUT2D eigenvalue weighted by atomic mass is 10.0. The van der Waals surface area contributed by atoms with Gasteiger partial charge in [-0.1, -0.05) is 35.9 Å². The second kappa shape index (κ2) is 7.79. The fraction of sp³-hybridized carbons (Fsp3) is 0.158. The number of nitrogens with one attached hydrogen (secondary N) is 3. The predicted octanol–water partition coefficient (Wildman–Crippen LogP) is 4.68. The number of imidazole rings is 1. The van der Waals surface area contributed by atoms with E-state index in [0.29, 0.717) is 17.3 Å². The Morgan fingerprint density at radius 3 is 2.42 bits per heavy atom. The van der Waals surface area contributed by atoms with Crippen LogP contribution in [0.4, 0.5) is 5.69 Å². The molecule has 0 spiro atoms. The summed E-state index contributed by atoms with van der Waals surface area (Å²) in [6, 6.07) is 15.9. The molecule has 0 aliphatic rings. The van der Waals surface area contributed by atoms with Crippen LogP contribution in [-0.2, 0) is 12.8 Å². The summed E-state index contributed by atoms with van der Waals surface area (Å²) in [4.78, 5) is 7.21. The summed E-state index contributed by atoms with van der Waals surface area (Å²) < 4.78 is 0. The molecule has 0 aliphatic carbocycles. The number of hydrogen-bond donors (Lipinski definition) is 3. The van der Waals surface area contributed by atoms with Crippen molar-refractivity contribution in [3.8, 4) is 0 Å². The van der Waals surface area contributed by atoms with Crippen LogP contribution in [0.3, 0.4) is 0 Å². The first kappa shape index (κ1) is 16.3. The number of halogens is 1. The number of aromatic amines is 1. The van der Waals surface area contributed by atoms with Gasteiger partial charge in [0.05, 0.1) is 17.9 Å². The normalized spacial score (nSPS) is 10.5. The standard InChI is InChI=1S/C19H19ClN4/c20-16-6-8-17(9-7-16)24-19(21)10-5-14-1-3-15(4-2-14)11-18-12-22-13-23-18/h1-4,6-9,12-13H,5,10-11H2,(H2,21,24)(H,22,23). The van der Waals surface area contributed by atoms with Gasteiger partial charge in [0.15, 0.2) is 0 Å². The number of aryl methyl sites for hydroxylation is 1. The maximum Gasteiger partial charge on any atom is 0.0979 e. The molecule has 0 saturated carbocycles. The van der Waals surface area contributed by atoms with Crippen molar-refractivity contribution in [3.63, 3.8) is 0 Å². The van der Waals surface area contributed by atoms with E-state index in [2.05, 4.69) is 39.6 Å². The van der Waals surface area contributed by atoms with Gasteiger partial charge in [0.1, 0.15) is 0 Å². The largest absolute Gasteiger partial charge is 0.351 e. The van der Waals surface area contributed by atoms with Crippen LogP contribution < -0.4 is 5.32 Å². The average Bonchev–Trinajstić information content (AvgIpc) is 3.09. The van der Waals surface area contributed by atoms with Gasteiger partial charge < -0.3 is 10.3 Å². The van der Waals surface area contributed by atoms with Gasteiger partial charge in [0.2, 0.25) is 0 Å². The minimum absolute atomic E-state index is 0.498. The Morgan fingerprint density at radius 2 is 1.75 bits per heavy atom. The number of nitrogens with zero attached hydrogens (tertiary/aromatic N) is 1. The first-order chi connectivity index (χ1) is 11.7. The lowest BCUT2D eigenvalue weighted by Crippen LogP contribution is -2.11. The van der Waals surface area contributed by atoms with Crippen LogP contribution in [0.1, 0.15) is 23.2 Å². The Bertz CT molecular complexity index is 777. The van der Waals surface area contributed by atoms with E-state index in [1.807, 2.05) is 30.5 Å². The molecule has 5 heteroatoms. The van der Waals surface area contributed by atoms with E-state index in [0.717, 1.165) is 24.2 Å². The maximum atomic E-state index is 8.05. The van der Waals surface area contributed by atoms with Gasteiger partial charge in [-0.15, -0.1) is 0 Å². The predicted molar refractivity (Wildman–Crippen MR) is 99.0 cm³/mol. The van der Waals surface area contributed by atoms with E-state index in [4.69, 9.17) is 17.0 Å². The van der Waals surface area contributed by atoms with Crippen molar-refractivity contribution in [2.75, 3.05) is 5.32 Å². The van der Waals surface area contributed by atoms with Crippen LogP contribution in [0.5, 0.6) is 0 Å². The molecule has 3 N–H and O–H groups in total. The number of anilines is 1. The molecule has 4 nitrogen and oxygen atoms in total. The second-order valence-electron chi connectivity index (χ2n) is 5.66. The van der Waals surface area contributed by atoms with Gasteiger partial charge in [-0.05, 0) is 41.8 Å². The lowest BCUT2D eigenvalue weighted by molar-refractivity contribution is 1.02. The quantitative estimate of drug-likeness (QED) is 0.451. The van der Waals surface area contributed by atoms with Crippen molar-refractivity contribution >= 4 is 23.1 Å². The van der Waals surface area contributed by atoms with Crippen molar-refractivity contribution < 1.29 is 0 Å². The van der Waals surface area contributed by atoms with E-state index in [9.17, 15) is 0 Å². The molecule has 0 atom stereocenters. The highest BCUT2D eigenvalue weighted by atomic mass is 35.5. The highest BCUT2D eigenvalue weighted by Gasteiger charge is 2.02. The van der Waals surface area contributed by atoms with Crippen molar-refractivity contribution in [3.05, 3.63) is 82.9 Å². The number of rotatable bonds is 6. The molecule has 3 rings (SSSR count). The number of H-pyrrole nitrogens is 1. The summed E-state index contributed by atoms with van der Waals surface area (Å²) in [6.45, 7) is 0. The third-order valence-corrected chi connectivity index (χ3v) is 4.02. The summed E-state index contributed by atoms with van der Waals surface area (Å²) >= 11 is 5.86.